The van der Waals surface area contributed by atoms with Gasteiger partial charge in [-0.25, -0.2) is 0 Å². The van der Waals surface area contributed by atoms with Crippen LogP contribution in [0.5, 0.6) is 0 Å². The Morgan fingerprint density at radius 2 is 1.81 bits per heavy atom. The van der Waals surface area contributed by atoms with Crippen molar-refractivity contribution < 1.29 is 23.9 Å². The summed E-state index contributed by atoms with van der Waals surface area (Å²) in [6, 6.07) is 0. The van der Waals surface area contributed by atoms with Crippen LogP contribution in [0.25, 0.3) is 0 Å². The maximum atomic E-state index is 12.6. The van der Waals surface area contributed by atoms with Crippen molar-refractivity contribution in [2.45, 2.75) is 59.2 Å². The zero-order valence-electron chi connectivity index (χ0n) is 16.2. The predicted octanol–water partition coefficient (Wildman–Crippen LogP) is 2.57. The van der Waals surface area contributed by atoms with Gasteiger partial charge in [-0.2, -0.15) is 0 Å². The minimum atomic E-state index is -1.40. The van der Waals surface area contributed by atoms with Crippen LogP contribution in [0.15, 0.2) is 0 Å². The van der Waals surface area contributed by atoms with Gasteiger partial charge in [-0.15, -0.1) is 11.3 Å². The number of methoxy groups -OCH3 is 1. The maximum absolute atomic E-state index is 12.6. The number of primary amides is 1. The van der Waals surface area contributed by atoms with Gasteiger partial charge in [0.25, 0.3) is 5.91 Å². The number of rotatable bonds is 4. The third-order valence-electron chi connectivity index (χ3n) is 4.42. The van der Waals surface area contributed by atoms with Crippen LogP contribution >= 0.6 is 11.3 Å². The molecule has 2 rings (SSSR count). The largest absolute Gasteiger partial charge is 0.468 e. The number of carbonyl (C=O) groups is 3. The van der Waals surface area contributed by atoms with E-state index in [9.17, 15) is 14.4 Å². The van der Waals surface area contributed by atoms with Crippen molar-refractivity contribution >= 4 is 34.1 Å². The molecular formula is C18H26N2O5S. The van der Waals surface area contributed by atoms with Gasteiger partial charge in [-0.3, -0.25) is 14.4 Å². The minimum Gasteiger partial charge on any atom is -0.468 e. The van der Waals surface area contributed by atoms with Gasteiger partial charge >= 0.3 is 5.97 Å². The standard InChI is InChI=1S/C18H26N2O5S/c1-16(2)8-9-10(12(19)21)13(26-11(9)18(5,6)25-16)20-14(22)17(3,4)15(23)24-7/h8H2,1-7H3,(H2,19,21)(H,20,22). The molecule has 1 aliphatic rings. The Morgan fingerprint density at radius 3 is 2.31 bits per heavy atom. The van der Waals surface area contributed by atoms with Crippen molar-refractivity contribution in [3.8, 4) is 0 Å². The monoisotopic (exact) mass is 382 g/mol. The summed E-state index contributed by atoms with van der Waals surface area (Å²) in [7, 11) is 1.22. The van der Waals surface area contributed by atoms with Gasteiger partial charge in [0, 0.05) is 11.3 Å². The van der Waals surface area contributed by atoms with Crippen molar-refractivity contribution in [3.05, 3.63) is 16.0 Å². The number of anilines is 1. The van der Waals surface area contributed by atoms with E-state index < -0.39 is 34.4 Å². The second kappa shape index (κ2) is 6.35. The molecule has 1 aromatic heterocycles. The molecule has 0 atom stereocenters. The van der Waals surface area contributed by atoms with E-state index in [2.05, 4.69) is 10.1 Å². The number of carbonyl (C=O) groups excluding carboxylic acids is 3. The third kappa shape index (κ3) is 3.48. The summed E-state index contributed by atoms with van der Waals surface area (Å²) in [5.74, 6) is -1.85. The quantitative estimate of drug-likeness (QED) is 0.615. The van der Waals surface area contributed by atoms with Gasteiger partial charge in [0.1, 0.15) is 10.4 Å². The van der Waals surface area contributed by atoms with Crippen LogP contribution in [0.3, 0.4) is 0 Å². The first-order chi connectivity index (χ1) is 11.7. The average molecular weight is 382 g/mol. The molecule has 1 aromatic rings. The molecule has 0 unspecified atom stereocenters. The molecule has 0 radical (unpaired) electrons. The van der Waals surface area contributed by atoms with Crippen LogP contribution in [-0.2, 0) is 31.1 Å². The van der Waals surface area contributed by atoms with Crippen molar-refractivity contribution in [1.29, 1.82) is 0 Å². The summed E-state index contributed by atoms with van der Waals surface area (Å²) in [5.41, 5.74) is 4.17. The lowest BCUT2D eigenvalue weighted by atomic mass is 9.86. The fourth-order valence-electron chi connectivity index (χ4n) is 3.27. The van der Waals surface area contributed by atoms with E-state index in [1.165, 1.54) is 32.3 Å². The number of hydrogen-bond donors (Lipinski definition) is 2. The van der Waals surface area contributed by atoms with Crippen LogP contribution in [0.1, 0.15) is 62.3 Å². The number of amides is 2. The average Bonchev–Trinajstić information content (AvgIpc) is 2.82. The predicted molar refractivity (Wildman–Crippen MR) is 99.2 cm³/mol. The lowest BCUT2D eigenvalue weighted by Gasteiger charge is -2.41. The second-order valence-corrected chi connectivity index (χ2v) is 9.12. The Kier molecular flexibility index (Phi) is 4.98. The molecule has 2 heterocycles. The first-order valence-electron chi connectivity index (χ1n) is 8.29. The van der Waals surface area contributed by atoms with Gasteiger partial charge in [0.2, 0.25) is 5.91 Å². The van der Waals surface area contributed by atoms with Gasteiger partial charge in [-0.05, 0) is 47.1 Å². The van der Waals surface area contributed by atoms with E-state index in [0.29, 0.717) is 11.4 Å². The molecule has 144 valence electrons. The normalized spacial score (nSPS) is 18.0. The molecule has 0 bridgehead atoms. The Labute approximate surface area is 157 Å². The molecule has 0 fully saturated rings. The molecule has 0 aromatic carbocycles. The van der Waals surface area contributed by atoms with E-state index >= 15 is 0 Å². The fourth-order valence-corrected chi connectivity index (χ4v) is 4.53. The van der Waals surface area contributed by atoms with Crippen LogP contribution in [-0.4, -0.2) is 30.5 Å². The van der Waals surface area contributed by atoms with Crippen LogP contribution in [0.4, 0.5) is 5.00 Å². The van der Waals surface area contributed by atoms with Crippen molar-refractivity contribution in [1.82, 2.24) is 0 Å². The molecule has 1 aliphatic heterocycles. The number of nitrogens with two attached hydrogens (primary N) is 1. The summed E-state index contributed by atoms with van der Waals surface area (Å²) < 4.78 is 10.8. The van der Waals surface area contributed by atoms with E-state index in [-0.39, 0.29) is 5.56 Å². The second-order valence-electron chi connectivity index (χ2n) is 8.10. The molecular weight excluding hydrogens is 356 g/mol. The highest BCUT2D eigenvalue weighted by Crippen LogP contribution is 2.48. The molecule has 2 amide bonds. The zero-order valence-corrected chi connectivity index (χ0v) is 17.1. The number of esters is 1. The smallest absolute Gasteiger partial charge is 0.320 e. The van der Waals surface area contributed by atoms with Crippen molar-refractivity contribution in [2.24, 2.45) is 11.1 Å². The Balaban J connectivity index is 2.52. The van der Waals surface area contributed by atoms with E-state index in [0.717, 1.165) is 10.4 Å². The zero-order chi connectivity index (χ0) is 20.1. The number of ether oxygens (including phenoxy) is 2. The Morgan fingerprint density at radius 1 is 1.23 bits per heavy atom. The molecule has 0 spiro atoms. The maximum Gasteiger partial charge on any atom is 0.320 e. The number of hydrogen-bond acceptors (Lipinski definition) is 6. The summed E-state index contributed by atoms with van der Waals surface area (Å²) in [6.07, 6.45) is 0.497. The summed E-state index contributed by atoms with van der Waals surface area (Å²) in [6.45, 7) is 10.6. The lowest BCUT2D eigenvalue weighted by molar-refractivity contribution is -0.154. The highest BCUT2D eigenvalue weighted by Gasteiger charge is 2.44. The highest BCUT2D eigenvalue weighted by atomic mass is 32.1. The SMILES string of the molecule is COC(=O)C(C)(C)C(=O)Nc1sc2c(c1C(N)=O)CC(C)(C)OC2(C)C. The van der Waals surface area contributed by atoms with Gasteiger partial charge < -0.3 is 20.5 Å². The van der Waals surface area contributed by atoms with Gasteiger partial charge in [0.05, 0.1) is 23.9 Å². The van der Waals surface area contributed by atoms with Crippen molar-refractivity contribution in [2.75, 3.05) is 12.4 Å². The Bertz CT molecular complexity index is 777. The number of thiophene rings is 1. The topological polar surface area (TPSA) is 108 Å². The minimum absolute atomic E-state index is 0.281. The molecule has 0 saturated carbocycles. The van der Waals surface area contributed by atoms with Crippen molar-refractivity contribution in [3.63, 3.8) is 0 Å². The van der Waals surface area contributed by atoms with E-state index in [4.69, 9.17) is 10.5 Å². The van der Waals surface area contributed by atoms with Gasteiger partial charge in [0.15, 0.2) is 0 Å². The van der Waals surface area contributed by atoms with E-state index in [1.807, 2.05) is 27.7 Å². The first-order valence-corrected chi connectivity index (χ1v) is 9.10. The number of fused-ring (bicyclic) bond motifs is 1. The third-order valence-corrected chi connectivity index (χ3v) is 5.88. The fraction of sp³-hybridized carbons (Fsp3) is 0.611. The first kappa shape index (κ1) is 20.4. The van der Waals surface area contributed by atoms with Crippen LogP contribution in [0, 0.1) is 5.41 Å². The van der Waals surface area contributed by atoms with Gasteiger partial charge in [-0.1, -0.05) is 0 Å². The van der Waals surface area contributed by atoms with Crippen LogP contribution in [0.2, 0.25) is 0 Å². The molecule has 26 heavy (non-hydrogen) atoms. The highest BCUT2D eigenvalue weighted by molar-refractivity contribution is 7.17. The Hall–Kier alpha value is -1.93. The molecule has 0 saturated heterocycles. The lowest BCUT2D eigenvalue weighted by Crippen LogP contribution is -2.42. The molecule has 3 N–H and O–H groups in total. The summed E-state index contributed by atoms with van der Waals surface area (Å²) in [4.78, 5) is 37.5. The molecule has 7 nitrogen and oxygen atoms in total. The summed E-state index contributed by atoms with van der Waals surface area (Å²) >= 11 is 1.25. The molecule has 8 heteroatoms. The van der Waals surface area contributed by atoms with E-state index in [1.54, 1.807) is 0 Å². The summed E-state index contributed by atoms with van der Waals surface area (Å²) in [5, 5.41) is 3.02. The van der Waals surface area contributed by atoms with Crippen LogP contribution < -0.4 is 11.1 Å². The number of nitrogens with one attached hydrogen (secondary N) is 1. The molecule has 0 aliphatic carbocycles.